The highest BCUT2D eigenvalue weighted by Crippen LogP contribution is 2.61. The standard InChI is InChI=1S/C19H23IO2/c1-10-7-11-8-16(21)15(20)9-13(11)12-5-6-19(2)14(18(10)12)3-4-17(19)22/h8-10,12,14,18,21H,3-7H2,1-2H3/t10?,12?,14?,18?,19-/m0/s1. The molecule has 3 heteroatoms. The Labute approximate surface area is 145 Å². The number of halogens is 1. The van der Waals surface area contributed by atoms with Crippen LogP contribution in [0.25, 0.3) is 0 Å². The third-order valence-corrected chi connectivity index (χ3v) is 7.71. The summed E-state index contributed by atoms with van der Waals surface area (Å²) in [4.78, 5) is 12.4. The van der Waals surface area contributed by atoms with Crippen LogP contribution in [-0.4, -0.2) is 10.9 Å². The lowest BCUT2D eigenvalue weighted by molar-refractivity contribution is -0.129. The molecule has 2 fully saturated rings. The Balaban J connectivity index is 1.79. The van der Waals surface area contributed by atoms with Crippen LogP contribution in [0.2, 0.25) is 0 Å². The quantitative estimate of drug-likeness (QED) is 0.632. The molecule has 2 saturated carbocycles. The fourth-order valence-electron chi connectivity index (χ4n) is 5.75. The van der Waals surface area contributed by atoms with Gasteiger partial charge in [-0.05, 0) is 95.2 Å². The zero-order valence-electron chi connectivity index (χ0n) is 13.2. The van der Waals surface area contributed by atoms with Crippen molar-refractivity contribution in [2.45, 2.75) is 51.9 Å². The Kier molecular flexibility index (Phi) is 3.37. The van der Waals surface area contributed by atoms with Gasteiger partial charge in [-0.1, -0.05) is 13.8 Å². The van der Waals surface area contributed by atoms with E-state index in [2.05, 4.69) is 42.5 Å². The first-order valence-electron chi connectivity index (χ1n) is 8.46. The lowest BCUT2D eigenvalue weighted by atomic mass is 9.53. The fraction of sp³-hybridized carbons (Fsp3) is 0.632. The Morgan fingerprint density at radius 1 is 1.32 bits per heavy atom. The third kappa shape index (κ3) is 1.93. The molecule has 0 radical (unpaired) electrons. The molecule has 0 aromatic heterocycles. The Hall–Kier alpha value is -0.580. The summed E-state index contributed by atoms with van der Waals surface area (Å²) >= 11 is 2.23. The van der Waals surface area contributed by atoms with Crippen LogP contribution >= 0.6 is 22.6 Å². The largest absolute Gasteiger partial charge is 0.507 e. The second-order valence-electron chi connectivity index (χ2n) is 7.89. The van der Waals surface area contributed by atoms with Gasteiger partial charge in [-0.25, -0.2) is 0 Å². The molecule has 0 bridgehead atoms. The van der Waals surface area contributed by atoms with Crippen molar-refractivity contribution in [2.24, 2.45) is 23.2 Å². The molecular weight excluding hydrogens is 387 g/mol. The van der Waals surface area contributed by atoms with Crippen LogP contribution < -0.4 is 0 Å². The lowest BCUT2D eigenvalue weighted by Gasteiger charge is -2.51. The first kappa shape index (κ1) is 15.0. The minimum absolute atomic E-state index is 0.0585. The van der Waals surface area contributed by atoms with E-state index >= 15 is 0 Å². The van der Waals surface area contributed by atoms with Gasteiger partial charge in [0.1, 0.15) is 11.5 Å². The predicted molar refractivity (Wildman–Crippen MR) is 95.0 cm³/mol. The molecular formula is C19H23IO2. The molecule has 0 amide bonds. The number of rotatable bonds is 0. The molecule has 0 spiro atoms. The van der Waals surface area contributed by atoms with Gasteiger partial charge in [0.25, 0.3) is 0 Å². The number of hydrogen-bond acceptors (Lipinski definition) is 2. The zero-order chi connectivity index (χ0) is 15.6. The topological polar surface area (TPSA) is 37.3 Å². The number of Topliss-reactive ketones (excluding diaryl/α,β-unsaturated/α-hetero) is 1. The SMILES string of the molecule is CC1Cc2cc(O)c(I)cc2C2CC[C@]3(C)C(=O)CCC3C12. The van der Waals surface area contributed by atoms with Crippen LogP contribution in [0.4, 0.5) is 0 Å². The monoisotopic (exact) mass is 410 g/mol. The van der Waals surface area contributed by atoms with Gasteiger partial charge < -0.3 is 5.11 Å². The predicted octanol–water partition coefficient (Wildman–Crippen LogP) is 4.67. The van der Waals surface area contributed by atoms with E-state index in [-0.39, 0.29) is 5.41 Å². The van der Waals surface area contributed by atoms with Crippen molar-refractivity contribution in [1.29, 1.82) is 0 Å². The highest BCUT2D eigenvalue weighted by atomic mass is 127. The van der Waals surface area contributed by atoms with E-state index in [9.17, 15) is 9.90 Å². The Bertz CT molecular complexity index is 653. The fourth-order valence-corrected chi connectivity index (χ4v) is 6.24. The molecule has 0 heterocycles. The van der Waals surface area contributed by atoms with E-state index in [1.807, 2.05) is 6.07 Å². The van der Waals surface area contributed by atoms with E-state index in [4.69, 9.17) is 0 Å². The van der Waals surface area contributed by atoms with Crippen molar-refractivity contribution < 1.29 is 9.90 Å². The normalized spacial score (nSPS) is 40.0. The Morgan fingerprint density at radius 3 is 2.86 bits per heavy atom. The number of hydrogen-bond donors (Lipinski definition) is 1. The van der Waals surface area contributed by atoms with E-state index in [1.54, 1.807) is 0 Å². The number of phenols is 1. The lowest BCUT2D eigenvalue weighted by Crippen LogP contribution is -2.45. The van der Waals surface area contributed by atoms with Gasteiger partial charge in [-0.3, -0.25) is 4.79 Å². The van der Waals surface area contributed by atoms with Crippen LogP contribution in [0.15, 0.2) is 12.1 Å². The number of carbonyl (C=O) groups is 1. The van der Waals surface area contributed by atoms with Crippen molar-refractivity contribution in [3.05, 3.63) is 26.8 Å². The highest BCUT2D eigenvalue weighted by Gasteiger charge is 2.56. The minimum atomic E-state index is -0.0585. The van der Waals surface area contributed by atoms with Gasteiger partial charge >= 0.3 is 0 Å². The van der Waals surface area contributed by atoms with Crippen molar-refractivity contribution in [1.82, 2.24) is 0 Å². The summed E-state index contributed by atoms with van der Waals surface area (Å²) < 4.78 is 0.959. The van der Waals surface area contributed by atoms with Gasteiger partial charge in [-0.15, -0.1) is 0 Å². The molecule has 0 saturated heterocycles. The van der Waals surface area contributed by atoms with E-state index in [0.717, 1.165) is 35.7 Å². The molecule has 1 aromatic rings. The number of aromatic hydroxyl groups is 1. The molecule has 118 valence electrons. The van der Waals surface area contributed by atoms with Crippen LogP contribution in [-0.2, 0) is 11.2 Å². The van der Waals surface area contributed by atoms with E-state index in [1.165, 1.54) is 11.1 Å². The number of benzene rings is 1. The summed E-state index contributed by atoms with van der Waals surface area (Å²) in [7, 11) is 0. The number of carbonyl (C=O) groups excluding carboxylic acids is 1. The second kappa shape index (κ2) is 4.96. The van der Waals surface area contributed by atoms with Crippen molar-refractivity contribution in [3.63, 3.8) is 0 Å². The van der Waals surface area contributed by atoms with E-state index < -0.39 is 0 Å². The van der Waals surface area contributed by atoms with Crippen molar-refractivity contribution in [2.75, 3.05) is 0 Å². The molecule has 2 nitrogen and oxygen atoms in total. The average molecular weight is 410 g/mol. The summed E-state index contributed by atoms with van der Waals surface area (Å²) in [6.45, 7) is 4.58. The van der Waals surface area contributed by atoms with Crippen LogP contribution in [0, 0.1) is 26.7 Å². The van der Waals surface area contributed by atoms with Gasteiger partial charge in [0, 0.05) is 11.8 Å². The molecule has 4 rings (SSSR count). The molecule has 4 unspecified atom stereocenters. The molecule has 5 atom stereocenters. The molecule has 3 aliphatic rings. The van der Waals surface area contributed by atoms with Crippen LogP contribution in [0.1, 0.15) is 56.6 Å². The highest BCUT2D eigenvalue weighted by molar-refractivity contribution is 14.1. The smallest absolute Gasteiger partial charge is 0.139 e. The van der Waals surface area contributed by atoms with Crippen LogP contribution in [0.3, 0.4) is 0 Å². The van der Waals surface area contributed by atoms with Crippen molar-refractivity contribution >= 4 is 28.4 Å². The molecule has 0 aliphatic heterocycles. The Morgan fingerprint density at radius 2 is 2.09 bits per heavy atom. The molecule has 3 aliphatic carbocycles. The first-order chi connectivity index (χ1) is 10.4. The first-order valence-corrected chi connectivity index (χ1v) is 9.54. The van der Waals surface area contributed by atoms with Crippen molar-refractivity contribution in [3.8, 4) is 5.75 Å². The zero-order valence-corrected chi connectivity index (χ0v) is 15.4. The maximum absolute atomic E-state index is 12.4. The second-order valence-corrected chi connectivity index (χ2v) is 9.05. The average Bonchev–Trinajstić information content (AvgIpc) is 2.77. The molecule has 1 aromatic carbocycles. The maximum atomic E-state index is 12.4. The van der Waals surface area contributed by atoms with Gasteiger partial charge in [0.05, 0.1) is 3.57 Å². The third-order valence-electron chi connectivity index (χ3n) is 6.85. The number of phenolic OH excluding ortho intramolecular Hbond substituents is 1. The van der Waals surface area contributed by atoms with Gasteiger partial charge in [-0.2, -0.15) is 0 Å². The number of ketones is 1. The molecule has 22 heavy (non-hydrogen) atoms. The number of fused-ring (bicyclic) bond motifs is 5. The summed E-state index contributed by atoms with van der Waals surface area (Å²) in [6.07, 6.45) is 5.09. The molecule has 1 N–H and O–H groups in total. The summed E-state index contributed by atoms with van der Waals surface area (Å²) in [5, 5.41) is 10.0. The van der Waals surface area contributed by atoms with Gasteiger partial charge in [0.2, 0.25) is 0 Å². The summed E-state index contributed by atoms with van der Waals surface area (Å²) in [6, 6.07) is 4.19. The minimum Gasteiger partial charge on any atom is -0.507 e. The summed E-state index contributed by atoms with van der Waals surface area (Å²) in [5.41, 5.74) is 2.73. The summed E-state index contributed by atoms with van der Waals surface area (Å²) in [5.74, 6) is 3.31. The maximum Gasteiger partial charge on any atom is 0.139 e. The van der Waals surface area contributed by atoms with Gasteiger partial charge in [0.15, 0.2) is 0 Å². The van der Waals surface area contributed by atoms with E-state index in [0.29, 0.717) is 35.2 Å². The van der Waals surface area contributed by atoms with Crippen LogP contribution in [0.5, 0.6) is 5.75 Å².